The summed E-state index contributed by atoms with van der Waals surface area (Å²) in [6, 6.07) is 10.2. The van der Waals surface area contributed by atoms with E-state index in [-0.39, 0.29) is 5.78 Å². The number of Topliss-reactive ketones (excluding diaryl/α,β-unsaturated/α-hetero) is 1. The van der Waals surface area contributed by atoms with Crippen LogP contribution in [-0.2, 0) is 13.6 Å². The van der Waals surface area contributed by atoms with Crippen LogP contribution in [0.2, 0.25) is 0 Å². The minimum Gasteiger partial charge on any atom is -0.497 e. The number of hydrogen-bond donors (Lipinski definition) is 0. The van der Waals surface area contributed by atoms with E-state index in [1.165, 1.54) is 12.8 Å². The van der Waals surface area contributed by atoms with Crippen LogP contribution in [0.3, 0.4) is 0 Å². The van der Waals surface area contributed by atoms with Crippen LogP contribution in [0.5, 0.6) is 17.2 Å². The molecule has 0 saturated heterocycles. The molecule has 6 rings (SSSR count). The molecule has 0 amide bonds. The monoisotopic (exact) mass is 402 g/mol. The molecule has 1 aliphatic carbocycles. The lowest BCUT2D eigenvalue weighted by molar-refractivity contribution is 0.0868. The first-order valence-electron chi connectivity index (χ1n) is 10.2. The van der Waals surface area contributed by atoms with Crippen molar-refractivity contribution in [1.29, 1.82) is 0 Å². The first kappa shape index (κ1) is 17.6. The van der Waals surface area contributed by atoms with Gasteiger partial charge < -0.3 is 18.8 Å². The third-order valence-electron chi connectivity index (χ3n) is 6.22. The van der Waals surface area contributed by atoms with Crippen molar-refractivity contribution in [3.05, 3.63) is 59.0 Å². The number of ketones is 1. The number of nitrogens with zero attached hydrogens (tertiary/aromatic N) is 2. The molecule has 30 heavy (non-hydrogen) atoms. The number of ether oxygens (including phenoxy) is 3. The van der Waals surface area contributed by atoms with Gasteiger partial charge in [-0.25, -0.2) is 0 Å². The largest absolute Gasteiger partial charge is 0.497 e. The number of aryl methyl sites for hydroxylation is 1. The Labute approximate surface area is 174 Å². The van der Waals surface area contributed by atoms with Crippen molar-refractivity contribution in [2.24, 2.45) is 7.05 Å². The summed E-state index contributed by atoms with van der Waals surface area (Å²) in [4.78, 5) is 15.4. The molecule has 1 fully saturated rings. The average molecular weight is 402 g/mol. The molecule has 1 saturated carbocycles. The number of carbonyl (C=O) groups excluding carboxylic acids is 1. The van der Waals surface area contributed by atoms with Crippen LogP contribution in [0.1, 0.15) is 34.3 Å². The summed E-state index contributed by atoms with van der Waals surface area (Å²) in [6.07, 6.45) is 6.26. The Kier molecular flexibility index (Phi) is 3.74. The number of hydrogen-bond acceptors (Lipinski definition) is 5. The molecule has 0 spiro atoms. The van der Waals surface area contributed by atoms with Crippen molar-refractivity contribution < 1.29 is 19.0 Å². The minimum atomic E-state index is -0.0868. The van der Waals surface area contributed by atoms with Gasteiger partial charge in [-0.1, -0.05) is 0 Å². The molecule has 152 valence electrons. The number of rotatable bonds is 3. The van der Waals surface area contributed by atoms with E-state index in [1.807, 2.05) is 54.2 Å². The molecule has 0 radical (unpaired) electrons. The molecule has 3 aliphatic rings. The van der Waals surface area contributed by atoms with Gasteiger partial charge in [0.25, 0.3) is 0 Å². The summed E-state index contributed by atoms with van der Waals surface area (Å²) in [6.45, 7) is 1.36. The van der Waals surface area contributed by atoms with Gasteiger partial charge in [-0.15, -0.1) is 0 Å². The Bertz CT molecular complexity index is 1240. The number of fused-ring (bicyclic) bond motifs is 4. The predicted octanol–water partition coefficient (Wildman–Crippen LogP) is 4.12. The molecule has 2 aromatic carbocycles. The lowest BCUT2D eigenvalue weighted by Gasteiger charge is -2.29. The quantitative estimate of drug-likeness (QED) is 0.617. The summed E-state index contributed by atoms with van der Waals surface area (Å²) < 4.78 is 19.5. The number of carbonyl (C=O) groups is 1. The zero-order valence-corrected chi connectivity index (χ0v) is 17.0. The highest BCUT2D eigenvalue weighted by Gasteiger charge is 2.37. The van der Waals surface area contributed by atoms with Gasteiger partial charge in [0, 0.05) is 42.3 Å². The van der Waals surface area contributed by atoms with E-state index in [1.54, 1.807) is 7.11 Å². The third-order valence-corrected chi connectivity index (χ3v) is 6.22. The molecular formula is C24H22N2O4. The normalized spacial score (nSPS) is 19.5. The molecule has 3 aromatic rings. The molecule has 0 unspecified atom stereocenters. The maximum Gasteiger partial charge on any atom is 0.231 e. The van der Waals surface area contributed by atoms with Crippen molar-refractivity contribution in [1.82, 2.24) is 9.47 Å². The fraction of sp³-hybridized carbons (Fsp3) is 0.292. The molecule has 0 atom stereocenters. The van der Waals surface area contributed by atoms with Gasteiger partial charge in [0.15, 0.2) is 5.76 Å². The molecule has 0 N–H and O–H groups in total. The van der Waals surface area contributed by atoms with Gasteiger partial charge in [0.1, 0.15) is 24.0 Å². The van der Waals surface area contributed by atoms with Crippen LogP contribution in [0, 0.1) is 0 Å². The van der Waals surface area contributed by atoms with Crippen molar-refractivity contribution in [3.63, 3.8) is 0 Å². The van der Waals surface area contributed by atoms with Crippen LogP contribution in [0.15, 0.2) is 42.3 Å². The first-order valence-corrected chi connectivity index (χ1v) is 10.2. The standard InChI is InChI=1S/C24H22N2O4/c1-25-11-14(18-10-16(28-2)5-7-20(18)25)9-22-23(27)17-6-8-21-19(24(17)30-22)12-26(13-29-21)15-3-4-15/h5-11,15H,3-4,12-13H2,1-2H3/b22-9-. The molecular weight excluding hydrogens is 380 g/mol. The number of methoxy groups -OCH3 is 1. The Morgan fingerprint density at radius 1 is 1.20 bits per heavy atom. The molecule has 6 nitrogen and oxygen atoms in total. The van der Waals surface area contributed by atoms with Crippen molar-refractivity contribution >= 4 is 22.8 Å². The van der Waals surface area contributed by atoms with Gasteiger partial charge in [0.05, 0.1) is 18.2 Å². The van der Waals surface area contributed by atoms with Gasteiger partial charge >= 0.3 is 0 Å². The fourth-order valence-electron chi connectivity index (χ4n) is 4.43. The van der Waals surface area contributed by atoms with Crippen LogP contribution in [-0.4, -0.2) is 35.1 Å². The van der Waals surface area contributed by atoms with Crippen LogP contribution in [0.25, 0.3) is 17.0 Å². The van der Waals surface area contributed by atoms with Gasteiger partial charge in [0.2, 0.25) is 5.78 Å². The van der Waals surface area contributed by atoms with Crippen LogP contribution >= 0.6 is 0 Å². The third kappa shape index (κ3) is 2.64. The summed E-state index contributed by atoms with van der Waals surface area (Å²) >= 11 is 0. The van der Waals surface area contributed by atoms with Crippen LogP contribution in [0.4, 0.5) is 0 Å². The predicted molar refractivity (Wildman–Crippen MR) is 113 cm³/mol. The molecule has 0 bridgehead atoms. The minimum absolute atomic E-state index is 0.0868. The van der Waals surface area contributed by atoms with Gasteiger partial charge in [-0.05, 0) is 49.2 Å². The summed E-state index contributed by atoms with van der Waals surface area (Å²) in [5.74, 6) is 2.50. The number of allylic oxidation sites excluding steroid dienone is 1. The molecule has 2 aliphatic heterocycles. The van der Waals surface area contributed by atoms with Crippen molar-refractivity contribution in [2.45, 2.75) is 25.4 Å². The maximum absolute atomic E-state index is 13.1. The van der Waals surface area contributed by atoms with Crippen molar-refractivity contribution in [2.75, 3.05) is 13.8 Å². The zero-order chi connectivity index (χ0) is 20.4. The van der Waals surface area contributed by atoms with Crippen molar-refractivity contribution in [3.8, 4) is 17.2 Å². The second-order valence-corrected chi connectivity index (χ2v) is 8.19. The zero-order valence-electron chi connectivity index (χ0n) is 17.0. The van der Waals surface area contributed by atoms with Crippen LogP contribution < -0.4 is 14.2 Å². The smallest absolute Gasteiger partial charge is 0.231 e. The Morgan fingerprint density at radius 2 is 2.07 bits per heavy atom. The van der Waals surface area contributed by atoms with Gasteiger partial charge in [-0.2, -0.15) is 0 Å². The summed E-state index contributed by atoms with van der Waals surface area (Å²) in [5.41, 5.74) is 3.57. The SMILES string of the molecule is COc1ccc2c(c1)c(/C=C1\Oc3c(ccc4c3CN(C3CC3)CO4)C1=O)cn2C. The maximum atomic E-state index is 13.1. The second-order valence-electron chi connectivity index (χ2n) is 8.19. The topological polar surface area (TPSA) is 52.9 Å². The molecule has 3 heterocycles. The Morgan fingerprint density at radius 3 is 2.87 bits per heavy atom. The van der Waals surface area contributed by atoms with E-state index in [0.29, 0.717) is 29.8 Å². The van der Waals surface area contributed by atoms with E-state index < -0.39 is 0 Å². The number of aromatic nitrogens is 1. The number of benzene rings is 2. The van der Waals surface area contributed by atoms with E-state index in [9.17, 15) is 4.79 Å². The van der Waals surface area contributed by atoms with E-state index >= 15 is 0 Å². The van der Waals surface area contributed by atoms with E-state index in [2.05, 4.69) is 4.90 Å². The summed E-state index contributed by atoms with van der Waals surface area (Å²) in [5, 5.41) is 1.02. The fourth-order valence-corrected chi connectivity index (χ4v) is 4.43. The lowest BCUT2D eigenvalue weighted by atomic mass is 10.0. The Balaban J connectivity index is 1.40. The second kappa shape index (κ2) is 6.37. The first-order chi connectivity index (χ1) is 14.6. The van der Waals surface area contributed by atoms with Gasteiger partial charge in [-0.3, -0.25) is 9.69 Å². The summed E-state index contributed by atoms with van der Waals surface area (Å²) in [7, 11) is 3.64. The highest BCUT2D eigenvalue weighted by molar-refractivity contribution is 6.15. The van der Waals surface area contributed by atoms with E-state index in [4.69, 9.17) is 14.2 Å². The molecule has 6 heteroatoms. The highest BCUT2D eigenvalue weighted by atomic mass is 16.5. The Hall–Kier alpha value is -3.25. The molecule has 1 aromatic heterocycles. The highest BCUT2D eigenvalue weighted by Crippen LogP contribution is 2.44. The van der Waals surface area contributed by atoms with E-state index in [0.717, 1.165) is 40.1 Å². The average Bonchev–Trinajstić information content (AvgIpc) is 3.51. The lowest BCUT2D eigenvalue weighted by Crippen LogP contribution is -2.33.